The molecule has 0 atom stereocenters. The lowest BCUT2D eigenvalue weighted by atomic mass is 10.2. The minimum Gasteiger partial charge on any atom is -0.497 e. The van der Waals surface area contributed by atoms with Crippen LogP contribution in [-0.2, 0) is 9.59 Å². The molecular weight excluding hydrogens is 284 g/mol. The predicted molar refractivity (Wildman–Crippen MR) is 83.2 cm³/mol. The highest BCUT2D eigenvalue weighted by molar-refractivity contribution is 6.39. The topological polar surface area (TPSA) is 67.9 Å². The molecule has 0 saturated carbocycles. The number of rotatable bonds is 3. The molecule has 1 aromatic carbocycles. The molecule has 0 aliphatic carbocycles. The fraction of sp³-hybridized carbons (Fsp3) is 0.500. The van der Waals surface area contributed by atoms with E-state index in [2.05, 4.69) is 5.32 Å². The number of nitrogens with one attached hydrogen (secondary N) is 1. The summed E-state index contributed by atoms with van der Waals surface area (Å²) in [6.07, 6.45) is 4.12. The van der Waals surface area contributed by atoms with Crippen molar-refractivity contribution in [3.63, 3.8) is 0 Å². The summed E-state index contributed by atoms with van der Waals surface area (Å²) in [6, 6.07) is 5.02. The molecule has 6 nitrogen and oxygen atoms in total. The van der Waals surface area contributed by atoms with Crippen LogP contribution >= 0.6 is 0 Å². The van der Waals surface area contributed by atoms with Gasteiger partial charge in [0.15, 0.2) is 0 Å². The van der Waals surface area contributed by atoms with E-state index in [9.17, 15) is 9.59 Å². The molecule has 6 heteroatoms. The van der Waals surface area contributed by atoms with Crippen LogP contribution in [0.2, 0.25) is 0 Å². The average molecular weight is 306 g/mol. The summed E-state index contributed by atoms with van der Waals surface area (Å²) in [4.78, 5) is 26.0. The third-order valence-corrected chi connectivity index (χ3v) is 3.74. The fourth-order valence-electron chi connectivity index (χ4n) is 2.49. The molecule has 1 saturated heterocycles. The van der Waals surface area contributed by atoms with Gasteiger partial charge in [-0.05, 0) is 25.0 Å². The normalized spacial score (nSPS) is 14.9. The molecule has 1 aromatic rings. The van der Waals surface area contributed by atoms with E-state index in [4.69, 9.17) is 9.47 Å². The Morgan fingerprint density at radius 1 is 1.05 bits per heavy atom. The van der Waals surface area contributed by atoms with Crippen molar-refractivity contribution in [2.24, 2.45) is 0 Å². The molecule has 2 rings (SSSR count). The Morgan fingerprint density at radius 2 is 1.73 bits per heavy atom. The predicted octanol–water partition coefficient (Wildman–Crippen LogP) is 2.04. The molecule has 0 spiro atoms. The maximum atomic E-state index is 12.2. The zero-order chi connectivity index (χ0) is 15.9. The quantitative estimate of drug-likeness (QED) is 0.868. The summed E-state index contributed by atoms with van der Waals surface area (Å²) in [7, 11) is 3.05. The lowest BCUT2D eigenvalue weighted by Crippen LogP contribution is -2.40. The Labute approximate surface area is 130 Å². The second-order valence-corrected chi connectivity index (χ2v) is 5.23. The summed E-state index contributed by atoms with van der Waals surface area (Å²) < 4.78 is 10.3. The Kier molecular flexibility index (Phi) is 5.63. The van der Waals surface area contributed by atoms with Crippen LogP contribution in [-0.4, -0.2) is 44.0 Å². The molecule has 1 fully saturated rings. The molecule has 0 radical (unpaired) electrons. The minimum absolute atomic E-state index is 0.455. The summed E-state index contributed by atoms with van der Waals surface area (Å²) in [5.41, 5.74) is 0.455. The van der Waals surface area contributed by atoms with Gasteiger partial charge >= 0.3 is 11.8 Å². The number of benzene rings is 1. The number of carbonyl (C=O) groups is 2. The number of ether oxygens (including phenoxy) is 2. The van der Waals surface area contributed by atoms with Crippen molar-refractivity contribution >= 4 is 17.5 Å². The first-order valence-electron chi connectivity index (χ1n) is 7.48. The van der Waals surface area contributed by atoms with E-state index >= 15 is 0 Å². The first kappa shape index (κ1) is 16.1. The number of methoxy groups -OCH3 is 2. The maximum Gasteiger partial charge on any atom is 0.314 e. The molecule has 0 bridgehead atoms. The number of carbonyl (C=O) groups excluding carboxylic acids is 2. The smallest absolute Gasteiger partial charge is 0.314 e. The fourth-order valence-corrected chi connectivity index (χ4v) is 2.49. The van der Waals surface area contributed by atoms with Crippen molar-refractivity contribution < 1.29 is 19.1 Å². The van der Waals surface area contributed by atoms with Crippen molar-refractivity contribution in [1.82, 2.24) is 4.90 Å². The van der Waals surface area contributed by atoms with Gasteiger partial charge in [-0.2, -0.15) is 0 Å². The van der Waals surface area contributed by atoms with Crippen LogP contribution < -0.4 is 14.8 Å². The summed E-state index contributed by atoms with van der Waals surface area (Å²) >= 11 is 0. The zero-order valence-corrected chi connectivity index (χ0v) is 13.1. The van der Waals surface area contributed by atoms with Crippen molar-refractivity contribution in [2.75, 3.05) is 32.6 Å². The van der Waals surface area contributed by atoms with Gasteiger partial charge in [-0.25, -0.2) is 0 Å². The van der Waals surface area contributed by atoms with E-state index in [1.165, 1.54) is 7.11 Å². The van der Waals surface area contributed by atoms with Crippen molar-refractivity contribution in [1.29, 1.82) is 0 Å². The van der Waals surface area contributed by atoms with E-state index in [0.717, 1.165) is 25.7 Å². The molecule has 1 N–H and O–H groups in total. The van der Waals surface area contributed by atoms with Gasteiger partial charge in [-0.1, -0.05) is 12.8 Å². The highest BCUT2D eigenvalue weighted by Gasteiger charge is 2.23. The molecule has 120 valence electrons. The van der Waals surface area contributed by atoms with E-state index < -0.39 is 11.8 Å². The van der Waals surface area contributed by atoms with Crippen molar-refractivity contribution in [2.45, 2.75) is 25.7 Å². The number of hydrogen-bond acceptors (Lipinski definition) is 4. The molecule has 0 unspecified atom stereocenters. The van der Waals surface area contributed by atoms with Crippen LogP contribution in [0.1, 0.15) is 25.7 Å². The van der Waals surface area contributed by atoms with Gasteiger partial charge in [0.2, 0.25) is 0 Å². The summed E-state index contributed by atoms with van der Waals surface area (Å²) in [5.74, 6) is -0.0461. The van der Waals surface area contributed by atoms with Gasteiger partial charge in [0.05, 0.1) is 19.9 Å². The van der Waals surface area contributed by atoms with E-state index in [-0.39, 0.29) is 0 Å². The van der Waals surface area contributed by atoms with Gasteiger partial charge in [0.1, 0.15) is 11.5 Å². The molecule has 1 aliphatic heterocycles. The molecule has 2 amide bonds. The first-order chi connectivity index (χ1) is 10.7. The van der Waals surface area contributed by atoms with Crippen LogP contribution in [0.3, 0.4) is 0 Å². The molecule has 1 heterocycles. The van der Waals surface area contributed by atoms with Crippen LogP contribution in [0.5, 0.6) is 11.5 Å². The second kappa shape index (κ2) is 7.68. The van der Waals surface area contributed by atoms with Gasteiger partial charge in [-0.3, -0.25) is 9.59 Å². The number of hydrogen-bond donors (Lipinski definition) is 1. The van der Waals surface area contributed by atoms with Crippen LogP contribution in [0.4, 0.5) is 5.69 Å². The number of amides is 2. The van der Waals surface area contributed by atoms with E-state index in [0.29, 0.717) is 30.3 Å². The SMILES string of the molecule is COc1ccc(NC(=O)C(=O)N2CCCCCC2)c(OC)c1. The van der Waals surface area contributed by atoms with Crippen molar-refractivity contribution in [3.8, 4) is 11.5 Å². The Balaban J connectivity index is 2.06. The van der Waals surface area contributed by atoms with Crippen LogP contribution in [0.15, 0.2) is 18.2 Å². The highest BCUT2D eigenvalue weighted by atomic mass is 16.5. The second-order valence-electron chi connectivity index (χ2n) is 5.23. The molecule has 0 aromatic heterocycles. The van der Waals surface area contributed by atoms with Gasteiger partial charge in [0, 0.05) is 19.2 Å². The Morgan fingerprint density at radius 3 is 2.32 bits per heavy atom. The van der Waals surface area contributed by atoms with E-state index in [1.54, 1.807) is 30.2 Å². The monoisotopic (exact) mass is 306 g/mol. The third-order valence-electron chi connectivity index (χ3n) is 3.74. The Bertz CT molecular complexity index is 537. The van der Waals surface area contributed by atoms with Gasteiger partial charge in [-0.15, -0.1) is 0 Å². The van der Waals surface area contributed by atoms with Gasteiger partial charge in [0.25, 0.3) is 0 Å². The van der Waals surface area contributed by atoms with Gasteiger partial charge < -0.3 is 19.7 Å². The molecule has 1 aliphatic rings. The Hall–Kier alpha value is -2.24. The minimum atomic E-state index is -0.634. The lowest BCUT2D eigenvalue weighted by Gasteiger charge is -2.20. The van der Waals surface area contributed by atoms with Crippen LogP contribution in [0, 0.1) is 0 Å². The standard InChI is InChI=1S/C16H22N2O4/c1-21-12-7-8-13(14(11-12)22-2)17-15(19)16(20)18-9-5-3-4-6-10-18/h7-8,11H,3-6,9-10H2,1-2H3,(H,17,19). The molecular formula is C16H22N2O4. The summed E-state index contributed by atoms with van der Waals surface area (Å²) in [5, 5.41) is 2.62. The molecule has 22 heavy (non-hydrogen) atoms. The maximum absolute atomic E-state index is 12.2. The third kappa shape index (κ3) is 3.90. The number of anilines is 1. The zero-order valence-electron chi connectivity index (χ0n) is 13.1. The largest absolute Gasteiger partial charge is 0.497 e. The number of nitrogens with zero attached hydrogens (tertiary/aromatic N) is 1. The van der Waals surface area contributed by atoms with Crippen LogP contribution in [0.25, 0.3) is 0 Å². The van der Waals surface area contributed by atoms with E-state index in [1.807, 2.05) is 0 Å². The first-order valence-corrected chi connectivity index (χ1v) is 7.48. The highest BCUT2D eigenvalue weighted by Crippen LogP contribution is 2.29. The summed E-state index contributed by atoms with van der Waals surface area (Å²) in [6.45, 7) is 1.29. The van der Waals surface area contributed by atoms with Crippen molar-refractivity contribution in [3.05, 3.63) is 18.2 Å². The number of likely N-dealkylation sites (tertiary alicyclic amines) is 1. The average Bonchev–Trinajstić information content (AvgIpc) is 2.83. The lowest BCUT2D eigenvalue weighted by molar-refractivity contribution is -0.143.